The van der Waals surface area contributed by atoms with Crippen molar-refractivity contribution in [1.29, 1.82) is 0 Å². The minimum Gasteiger partial charge on any atom is -0.480 e. The molecule has 1 aromatic carbocycles. The maximum atomic E-state index is 12.6. The zero-order valence-electron chi connectivity index (χ0n) is 8.55. The Morgan fingerprint density at radius 1 is 1.38 bits per heavy atom. The number of hydrogen-bond donors (Lipinski definition) is 2. The summed E-state index contributed by atoms with van der Waals surface area (Å²) in [5.41, 5.74) is 5.54. The molecule has 1 aromatic rings. The first kappa shape index (κ1) is 12.1. The fraction of sp³-hybridized carbons (Fsp3) is 0.200. The molecule has 0 aliphatic rings. The summed E-state index contributed by atoms with van der Waals surface area (Å²) in [6.45, 7) is 0. The van der Waals surface area contributed by atoms with Crippen LogP contribution in [-0.2, 0) is 9.59 Å². The molecule has 5 nitrogen and oxygen atoms in total. The topological polar surface area (TPSA) is 83.6 Å². The summed E-state index contributed by atoms with van der Waals surface area (Å²) < 4.78 is 12.6. The molecule has 16 heavy (non-hydrogen) atoms. The average Bonchev–Trinajstić information content (AvgIpc) is 2.27. The summed E-state index contributed by atoms with van der Waals surface area (Å²) >= 11 is 0. The quantitative estimate of drug-likeness (QED) is 0.721. The van der Waals surface area contributed by atoms with Gasteiger partial charge in [-0.15, -0.1) is 0 Å². The fourth-order valence-electron chi connectivity index (χ4n) is 1.11. The van der Waals surface area contributed by atoms with E-state index in [9.17, 15) is 14.0 Å². The van der Waals surface area contributed by atoms with Gasteiger partial charge >= 0.3 is 5.97 Å². The number of carbonyl (C=O) groups excluding carboxylic acids is 1. The van der Waals surface area contributed by atoms with Crippen molar-refractivity contribution in [2.75, 3.05) is 11.9 Å². The SMILES string of the molecule is CN(C(=O)C(N)C(=O)O)c1ccc(F)cc1. The first-order valence-corrected chi connectivity index (χ1v) is 4.45. The number of aliphatic carboxylic acids is 1. The number of carboxylic acids is 1. The highest BCUT2D eigenvalue weighted by Gasteiger charge is 2.25. The van der Waals surface area contributed by atoms with Crippen LogP contribution in [0.3, 0.4) is 0 Å². The molecule has 0 aliphatic carbocycles. The molecule has 0 radical (unpaired) electrons. The van der Waals surface area contributed by atoms with Crippen molar-refractivity contribution in [2.24, 2.45) is 5.73 Å². The van der Waals surface area contributed by atoms with Gasteiger partial charge in [0.2, 0.25) is 0 Å². The second kappa shape index (κ2) is 4.71. The Kier molecular flexibility index (Phi) is 3.57. The molecule has 0 aliphatic heterocycles. The van der Waals surface area contributed by atoms with Crippen molar-refractivity contribution in [3.63, 3.8) is 0 Å². The number of carboxylic acid groups (broad SMARTS) is 1. The Labute approximate surface area is 91.3 Å². The lowest BCUT2D eigenvalue weighted by molar-refractivity contribution is -0.142. The number of anilines is 1. The van der Waals surface area contributed by atoms with E-state index in [1.807, 2.05) is 0 Å². The standard InChI is InChI=1S/C10H11FN2O3/c1-13(9(14)8(12)10(15)16)7-4-2-6(11)3-5-7/h2-5,8H,12H2,1H3,(H,15,16). The van der Waals surface area contributed by atoms with E-state index in [0.717, 1.165) is 4.90 Å². The number of halogens is 1. The van der Waals surface area contributed by atoms with Crippen LogP contribution in [0.2, 0.25) is 0 Å². The van der Waals surface area contributed by atoms with Crippen LogP contribution >= 0.6 is 0 Å². The lowest BCUT2D eigenvalue weighted by Crippen LogP contribution is -2.46. The summed E-state index contributed by atoms with van der Waals surface area (Å²) in [7, 11) is 1.37. The van der Waals surface area contributed by atoms with Crippen LogP contribution in [0.1, 0.15) is 0 Å². The molecule has 0 saturated carbocycles. The van der Waals surface area contributed by atoms with E-state index in [0.29, 0.717) is 5.69 Å². The Bertz CT molecular complexity index is 405. The molecule has 0 fully saturated rings. The van der Waals surface area contributed by atoms with Crippen LogP contribution in [-0.4, -0.2) is 30.1 Å². The van der Waals surface area contributed by atoms with Gasteiger partial charge in [0.05, 0.1) is 0 Å². The second-order valence-electron chi connectivity index (χ2n) is 3.19. The third-order valence-electron chi connectivity index (χ3n) is 2.08. The molecule has 0 aromatic heterocycles. The molecule has 3 N–H and O–H groups in total. The monoisotopic (exact) mass is 226 g/mol. The zero-order chi connectivity index (χ0) is 12.3. The first-order valence-electron chi connectivity index (χ1n) is 4.45. The Hall–Kier alpha value is -1.95. The van der Waals surface area contributed by atoms with E-state index < -0.39 is 23.7 Å². The summed E-state index contributed by atoms with van der Waals surface area (Å²) in [6.07, 6.45) is 0. The van der Waals surface area contributed by atoms with Gasteiger partial charge < -0.3 is 15.7 Å². The van der Waals surface area contributed by atoms with Gasteiger partial charge in [0.1, 0.15) is 5.82 Å². The molecule has 6 heteroatoms. The third kappa shape index (κ3) is 2.54. The number of hydrogen-bond acceptors (Lipinski definition) is 3. The fourth-order valence-corrected chi connectivity index (χ4v) is 1.11. The maximum Gasteiger partial charge on any atom is 0.330 e. The predicted molar refractivity (Wildman–Crippen MR) is 55.4 cm³/mol. The van der Waals surface area contributed by atoms with E-state index >= 15 is 0 Å². The molecule has 1 rings (SSSR count). The molecule has 0 spiro atoms. The molecule has 86 valence electrons. The number of benzene rings is 1. The molecular formula is C10H11FN2O3. The van der Waals surface area contributed by atoms with Gasteiger partial charge in [-0.05, 0) is 24.3 Å². The van der Waals surface area contributed by atoms with Crippen LogP contribution in [0.25, 0.3) is 0 Å². The molecule has 1 unspecified atom stereocenters. The average molecular weight is 226 g/mol. The predicted octanol–water partition coefficient (Wildman–Crippen LogP) is 0.200. The molecular weight excluding hydrogens is 215 g/mol. The number of likely N-dealkylation sites (N-methyl/N-ethyl adjacent to an activating group) is 1. The lowest BCUT2D eigenvalue weighted by Gasteiger charge is -2.19. The van der Waals surface area contributed by atoms with Crippen LogP contribution in [0.4, 0.5) is 10.1 Å². The van der Waals surface area contributed by atoms with Crippen molar-refractivity contribution in [1.82, 2.24) is 0 Å². The van der Waals surface area contributed by atoms with Gasteiger partial charge in [-0.25, -0.2) is 9.18 Å². The van der Waals surface area contributed by atoms with Crippen LogP contribution in [0.15, 0.2) is 24.3 Å². The van der Waals surface area contributed by atoms with E-state index in [2.05, 4.69) is 0 Å². The highest BCUT2D eigenvalue weighted by molar-refractivity contribution is 6.08. The number of carbonyl (C=O) groups is 2. The van der Waals surface area contributed by atoms with E-state index in [1.54, 1.807) is 0 Å². The number of amides is 1. The van der Waals surface area contributed by atoms with Gasteiger partial charge in [-0.1, -0.05) is 0 Å². The van der Waals surface area contributed by atoms with E-state index in [4.69, 9.17) is 10.8 Å². The molecule has 0 saturated heterocycles. The minimum atomic E-state index is -1.62. The van der Waals surface area contributed by atoms with Gasteiger partial charge in [-0.2, -0.15) is 0 Å². The number of nitrogens with zero attached hydrogens (tertiary/aromatic N) is 1. The van der Waals surface area contributed by atoms with Crippen molar-refractivity contribution < 1.29 is 19.1 Å². The molecule has 1 atom stereocenters. The molecule has 0 heterocycles. The Balaban J connectivity index is 2.85. The lowest BCUT2D eigenvalue weighted by atomic mass is 10.2. The van der Waals surface area contributed by atoms with Crippen molar-refractivity contribution >= 4 is 17.6 Å². The smallest absolute Gasteiger partial charge is 0.330 e. The largest absolute Gasteiger partial charge is 0.480 e. The maximum absolute atomic E-state index is 12.6. The minimum absolute atomic E-state index is 0.378. The summed E-state index contributed by atoms with van der Waals surface area (Å²) in [5, 5.41) is 8.56. The molecule has 1 amide bonds. The number of nitrogens with two attached hydrogens (primary N) is 1. The molecule has 0 bridgehead atoms. The highest BCUT2D eigenvalue weighted by atomic mass is 19.1. The van der Waals surface area contributed by atoms with Crippen LogP contribution < -0.4 is 10.6 Å². The van der Waals surface area contributed by atoms with Crippen molar-refractivity contribution in [3.8, 4) is 0 Å². The van der Waals surface area contributed by atoms with Gasteiger partial charge in [0.15, 0.2) is 6.04 Å². The Morgan fingerprint density at radius 3 is 2.31 bits per heavy atom. The highest BCUT2D eigenvalue weighted by Crippen LogP contribution is 2.13. The normalized spacial score (nSPS) is 11.9. The summed E-state index contributed by atoms with van der Waals surface area (Å²) in [4.78, 5) is 23.1. The van der Waals surface area contributed by atoms with Gasteiger partial charge in [0, 0.05) is 12.7 Å². The van der Waals surface area contributed by atoms with Crippen molar-refractivity contribution in [3.05, 3.63) is 30.1 Å². The third-order valence-corrected chi connectivity index (χ3v) is 2.08. The van der Waals surface area contributed by atoms with Crippen LogP contribution in [0.5, 0.6) is 0 Å². The first-order chi connectivity index (χ1) is 7.43. The Morgan fingerprint density at radius 2 is 1.88 bits per heavy atom. The summed E-state index contributed by atoms with van der Waals surface area (Å²) in [5.74, 6) is -2.61. The summed E-state index contributed by atoms with van der Waals surface area (Å²) in [6, 6.07) is 3.45. The van der Waals surface area contributed by atoms with E-state index in [1.165, 1.54) is 31.3 Å². The van der Waals surface area contributed by atoms with Gasteiger partial charge in [-0.3, -0.25) is 4.79 Å². The van der Waals surface area contributed by atoms with E-state index in [-0.39, 0.29) is 0 Å². The van der Waals surface area contributed by atoms with Crippen LogP contribution in [0, 0.1) is 5.82 Å². The number of rotatable bonds is 3. The van der Waals surface area contributed by atoms with Crippen molar-refractivity contribution in [2.45, 2.75) is 6.04 Å². The van der Waals surface area contributed by atoms with Gasteiger partial charge in [0.25, 0.3) is 5.91 Å². The zero-order valence-corrected chi connectivity index (χ0v) is 8.55. The second-order valence-corrected chi connectivity index (χ2v) is 3.19.